The molecule has 0 unspecified atom stereocenters. The van der Waals surface area contributed by atoms with E-state index in [0.717, 1.165) is 9.99 Å². The number of anilines is 2. The summed E-state index contributed by atoms with van der Waals surface area (Å²) in [5.41, 5.74) is 1.80. The topological polar surface area (TPSA) is 119 Å². The van der Waals surface area contributed by atoms with Crippen molar-refractivity contribution in [2.45, 2.75) is 4.90 Å². The molecule has 186 valence electrons. The first-order valence-electron chi connectivity index (χ1n) is 11.2. The molecular formula is C26H22N6O4S. The molecule has 0 bridgehead atoms. The van der Waals surface area contributed by atoms with Gasteiger partial charge in [-0.2, -0.15) is 0 Å². The van der Waals surface area contributed by atoms with Crippen molar-refractivity contribution in [3.05, 3.63) is 97.8 Å². The van der Waals surface area contributed by atoms with Gasteiger partial charge in [0.2, 0.25) is 11.8 Å². The van der Waals surface area contributed by atoms with Gasteiger partial charge in [-0.3, -0.25) is 14.1 Å². The van der Waals surface area contributed by atoms with E-state index < -0.39 is 22.5 Å². The van der Waals surface area contributed by atoms with Crippen LogP contribution in [-0.2, 0) is 14.8 Å². The van der Waals surface area contributed by atoms with Crippen LogP contribution in [-0.4, -0.2) is 47.5 Å². The molecule has 0 saturated carbocycles. The van der Waals surface area contributed by atoms with E-state index >= 15 is 0 Å². The summed E-state index contributed by atoms with van der Waals surface area (Å²) < 4.78 is 36.1. The molecule has 0 radical (unpaired) electrons. The number of para-hydroxylation sites is 1. The van der Waals surface area contributed by atoms with Crippen molar-refractivity contribution in [1.82, 2.24) is 19.5 Å². The highest BCUT2D eigenvalue weighted by molar-refractivity contribution is 7.93. The lowest BCUT2D eigenvalue weighted by Crippen LogP contribution is -2.38. The molecular weight excluding hydrogens is 492 g/mol. The lowest BCUT2D eigenvalue weighted by Gasteiger charge is -2.25. The van der Waals surface area contributed by atoms with E-state index in [1.807, 2.05) is 16.7 Å². The Balaban J connectivity index is 1.49. The molecule has 0 aliphatic heterocycles. The SMILES string of the molecule is COc1ncccc1N(CC(=O)Nc1ccc(-n2ccnc2)cc1)S(=O)(=O)c1cccc2cccnc12. The number of sulfonamides is 1. The van der Waals surface area contributed by atoms with Crippen molar-refractivity contribution in [3.8, 4) is 11.6 Å². The summed E-state index contributed by atoms with van der Waals surface area (Å²) in [6, 6.07) is 18.6. The van der Waals surface area contributed by atoms with Gasteiger partial charge in [0.25, 0.3) is 10.0 Å². The number of hydrogen-bond acceptors (Lipinski definition) is 7. The molecule has 1 amide bonds. The summed E-state index contributed by atoms with van der Waals surface area (Å²) in [5.74, 6) is -0.477. The van der Waals surface area contributed by atoms with Gasteiger partial charge in [0.05, 0.1) is 19.0 Å². The van der Waals surface area contributed by atoms with Gasteiger partial charge in [-0.25, -0.2) is 18.4 Å². The number of carbonyl (C=O) groups excluding carboxylic acids is 1. The molecule has 1 N–H and O–H groups in total. The standard InChI is InChI=1S/C26H22N6O4S/c1-36-26-22(7-4-14-29-26)32(37(34,35)23-8-2-5-19-6-3-13-28-25(19)23)17-24(33)30-20-9-11-21(12-10-20)31-16-15-27-18-31/h2-16,18H,17H2,1H3,(H,30,33). The smallest absolute Gasteiger partial charge is 0.267 e. The van der Waals surface area contributed by atoms with Crippen LogP contribution in [0.25, 0.3) is 16.6 Å². The van der Waals surface area contributed by atoms with Crippen molar-refractivity contribution < 1.29 is 17.9 Å². The van der Waals surface area contributed by atoms with Crippen LogP contribution in [0.3, 0.4) is 0 Å². The van der Waals surface area contributed by atoms with E-state index in [-0.39, 0.29) is 16.5 Å². The van der Waals surface area contributed by atoms with Crippen LogP contribution in [0.1, 0.15) is 0 Å². The van der Waals surface area contributed by atoms with Gasteiger partial charge in [0.1, 0.15) is 17.1 Å². The predicted octanol–water partition coefficient (Wildman–Crippen LogP) is 3.66. The molecule has 5 aromatic rings. The van der Waals surface area contributed by atoms with Gasteiger partial charge in [-0.05, 0) is 48.5 Å². The second kappa shape index (κ2) is 10.1. The maximum Gasteiger partial charge on any atom is 0.267 e. The Labute approximate surface area is 213 Å². The minimum atomic E-state index is -4.26. The molecule has 0 aliphatic rings. The monoisotopic (exact) mass is 514 g/mol. The van der Waals surface area contributed by atoms with Crippen LogP contribution in [0.15, 0.2) is 103 Å². The third kappa shape index (κ3) is 4.84. The van der Waals surface area contributed by atoms with Gasteiger partial charge in [0.15, 0.2) is 0 Å². The Morgan fingerprint density at radius 3 is 2.49 bits per heavy atom. The second-order valence-corrected chi connectivity index (χ2v) is 9.77. The molecule has 2 aromatic carbocycles. The molecule has 0 atom stereocenters. The zero-order chi connectivity index (χ0) is 25.8. The van der Waals surface area contributed by atoms with Crippen LogP contribution < -0.4 is 14.4 Å². The Morgan fingerprint density at radius 2 is 1.73 bits per heavy atom. The fourth-order valence-corrected chi connectivity index (χ4v) is 5.48. The lowest BCUT2D eigenvalue weighted by atomic mass is 10.2. The number of rotatable bonds is 8. The second-order valence-electron chi connectivity index (χ2n) is 7.94. The van der Waals surface area contributed by atoms with E-state index in [1.54, 1.807) is 61.2 Å². The summed E-state index contributed by atoms with van der Waals surface area (Å²) in [4.78, 5) is 25.5. The van der Waals surface area contributed by atoms with Gasteiger partial charge in [0, 0.05) is 41.5 Å². The zero-order valence-corrected chi connectivity index (χ0v) is 20.5. The van der Waals surface area contributed by atoms with E-state index in [0.29, 0.717) is 16.6 Å². The number of methoxy groups -OCH3 is 1. The number of benzene rings is 2. The first kappa shape index (κ1) is 23.9. The average molecular weight is 515 g/mol. The molecule has 11 heteroatoms. The van der Waals surface area contributed by atoms with Gasteiger partial charge >= 0.3 is 0 Å². The fourth-order valence-electron chi connectivity index (χ4n) is 3.89. The lowest BCUT2D eigenvalue weighted by molar-refractivity contribution is -0.114. The number of ether oxygens (including phenoxy) is 1. The van der Waals surface area contributed by atoms with Crippen LogP contribution in [0, 0.1) is 0 Å². The summed E-state index contributed by atoms with van der Waals surface area (Å²) >= 11 is 0. The highest BCUT2D eigenvalue weighted by Gasteiger charge is 2.31. The molecule has 3 aromatic heterocycles. The van der Waals surface area contributed by atoms with Crippen molar-refractivity contribution in [1.29, 1.82) is 0 Å². The predicted molar refractivity (Wildman–Crippen MR) is 139 cm³/mol. The van der Waals surface area contributed by atoms with Crippen LogP contribution >= 0.6 is 0 Å². The maximum absolute atomic E-state index is 14.0. The van der Waals surface area contributed by atoms with Crippen molar-refractivity contribution >= 4 is 38.2 Å². The Hall–Kier alpha value is -4.77. The number of pyridine rings is 2. The molecule has 37 heavy (non-hydrogen) atoms. The van der Waals surface area contributed by atoms with E-state index in [4.69, 9.17) is 4.74 Å². The molecule has 10 nitrogen and oxygen atoms in total. The third-order valence-electron chi connectivity index (χ3n) is 5.62. The number of fused-ring (bicyclic) bond motifs is 1. The van der Waals surface area contributed by atoms with Crippen molar-refractivity contribution in [2.24, 2.45) is 0 Å². The number of nitrogens with one attached hydrogen (secondary N) is 1. The van der Waals surface area contributed by atoms with E-state index in [2.05, 4.69) is 20.3 Å². The molecule has 0 aliphatic carbocycles. The molecule has 0 spiro atoms. The van der Waals surface area contributed by atoms with E-state index in [1.165, 1.54) is 31.6 Å². The normalized spacial score (nSPS) is 11.3. The number of hydrogen-bond donors (Lipinski definition) is 1. The van der Waals surface area contributed by atoms with Gasteiger partial charge < -0.3 is 14.6 Å². The van der Waals surface area contributed by atoms with Crippen LogP contribution in [0.5, 0.6) is 5.88 Å². The maximum atomic E-state index is 14.0. The highest BCUT2D eigenvalue weighted by atomic mass is 32.2. The van der Waals surface area contributed by atoms with Crippen molar-refractivity contribution in [3.63, 3.8) is 0 Å². The fraction of sp³-hybridized carbons (Fsp3) is 0.0769. The third-order valence-corrected chi connectivity index (χ3v) is 7.41. The summed E-state index contributed by atoms with van der Waals surface area (Å²) in [5, 5.41) is 3.42. The Kier molecular flexibility index (Phi) is 6.52. The minimum Gasteiger partial charge on any atom is -0.479 e. The number of nitrogens with zero attached hydrogens (tertiary/aromatic N) is 5. The quantitative estimate of drug-likeness (QED) is 0.336. The minimum absolute atomic E-state index is 0.0333. The summed E-state index contributed by atoms with van der Waals surface area (Å²) in [7, 11) is -2.87. The van der Waals surface area contributed by atoms with Crippen LogP contribution in [0.2, 0.25) is 0 Å². The van der Waals surface area contributed by atoms with Gasteiger partial charge in [-0.1, -0.05) is 18.2 Å². The highest BCUT2D eigenvalue weighted by Crippen LogP contribution is 2.32. The number of carbonyl (C=O) groups is 1. The van der Waals surface area contributed by atoms with E-state index in [9.17, 15) is 13.2 Å². The molecule has 3 heterocycles. The molecule has 0 saturated heterocycles. The molecule has 0 fully saturated rings. The summed E-state index contributed by atoms with van der Waals surface area (Å²) in [6.45, 7) is -0.517. The number of imidazole rings is 1. The molecule has 5 rings (SSSR count). The number of amides is 1. The first-order valence-corrected chi connectivity index (χ1v) is 12.6. The van der Waals surface area contributed by atoms with Gasteiger partial charge in [-0.15, -0.1) is 0 Å². The zero-order valence-electron chi connectivity index (χ0n) is 19.7. The van der Waals surface area contributed by atoms with Crippen LogP contribution in [0.4, 0.5) is 11.4 Å². The Morgan fingerprint density at radius 1 is 0.973 bits per heavy atom. The number of aromatic nitrogens is 4. The largest absolute Gasteiger partial charge is 0.479 e. The Bertz CT molecular complexity index is 1650. The first-order chi connectivity index (χ1) is 18.0. The summed E-state index contributed by atoms with van der Waals surface area (Å²) in [6.07, 6.45) is 8.15. The van der Waals surface area contributed by atoms with Crippen molar-refractivity contribution in [2.75, 3.05) is 23.3 Å². The average Bonchev–Trinajstić information content (AvgIpc) is 3.47.